The van der Waals surface area contributed by atoms with E-state index in [0.717, 1.165) is 46.0 Å². The second-order valence-corrected chi connectivity index (χ2v) is 13.0. The molecule has 12 nitrogen and oxygen atoms in total. The van der Waals surface area contributed by atoms with Gasteiger partial charge in [0.2, 0.25) is 0 Å². The molecule has 2 aromatic rings. The lowest BCUT2D eigenvalue weighted by Gasteiger charge is -2.34. The van der Waals surface area contributed by atoms with Crippen LogP contribution in [-0.4, -0.2) is 69.1 Å². The van der Waals surface area contributed by atoms with Crippen molar-refractivity contribution in [3.05, 3.63) is 41.6 Å². The quantitative estimate of drug-likeness (QED) is 0.346. The number of hydrogen-bond acceptors (Lipinski definition) is 10. The van der Waals surface area contributed by atoms with Gasteiger partial charge in [0.1, 0.15) is 17.3 Å². The number of halogens is 1. The van der Waals surface area contributed by atoms with E-state index in [0.29, 0.717) is 13.1 Å². The van der Waals surface area contributed by atoms with E-state index in [2.05, 4.69) is 29.5 Å². The lowest BCUT2D eigenvalue weighted by Crippen LogP contribution is -2.43. The van der Waals surface area contributed by atoms with Crippen LogP contribution in [0.5, 0.6) is 0 Å². The van der Waals surface area contributed by atoms with Gasteiger partial charge in [-0.2, -0.15) is 0 Å². The Hall–Kier alpha value is -3.65. The number of amides is 1. The van der Waals surface area contributed by atoms with Crippen LogP contribution in [0.4, 0.5) is 16.0 Å². The number of esters is 2. The monoisotopic (exact) mass is 591 g/mol. The summed E-state index contributed by atoms with van der Waals surface area (Å²) in [5.74, 6) is -3.70. The molecule has 1 spiro atoms. The van der Waals surface area contributed by atoms with Crippen molar-refractivity contribution in [3.63, 3.8) is 0 Å². The molecular weight excluding hydrogens is 557 g/mol. The van der Waals surface area contributed by atoms with Gasteiger partial charge in [-0.15, -0.1) is 0 Å². The first-order valence-electron chi connectivity index (χ1n) is 13.1. The molecule has 4 rings (SSSR count). The molecule has 0 atom stereocenters. The topological polar surface area (TPSA) is 157 Å². The number of aromatic nitrogens is 2. The maximum absolute atomic E-state index is 15.9. The Morgan fingerprint density at radius 3 is 2.10 bits per heavy atom. The molecule has 2 aromatic heterocycles. The summed E-state index contributed by atoms with van der Waals surface area (Å²) in [5.41, 5.74) is -4.41. The molecule has 1 amide bonds. The normalized spacial score (nSPS) is 16.7. The van der Waals surface area contributed by atoms with Crippen molar-refractivity contribution in [1.82, 2.24) is 14.7 Å². The van der Waals surface area contributed by atoms with E-state index >= 15 is 4.39 Å². The molecule has 2 N–H and O–H groups in total. The maximum atomic E-state index is 15.9. The van der Waals surface area contributed by atoms with Gasteiger partial charge in [-0.05, 0) is 76.1 Å². The Bertz CT molecular complexity index is 1440. The number of nitrogens with zero attached hydrogens (tertiary/aromatic N) is 3. The Morgan fingerprint density at radius 1 is 0.951 bits per heavy atom. The zero-order chi connectivity index (χ0) is 30.2. The Kier molecular flexibility index (Phi) is 8.11. The van der Waals surface area contributed by atoms with Crippen LogP contribution in [0, 0.1) is 5.41 Å². The second kappa shape index (κ2) is 11.0. The van der Waals surface area contributed by atoms with E-state index in [1.807, 2.05) is 0 Å². The number of methoxy groups -OCH3 is 2. The van der Waals surface area contributed by atoms with Gasteiger partial charge in [0.15, 0.2) is 5.03 Å². The summed E-state index contributed by atoms with van der Waals surface area (Å²) in [6.07, 6.45) is 3.93. The molecule has 0 bridgehead atoms. The molecule has 14 heteroatoms. The average Bonchev–Trinajstić information content (AvgIpc) is 3.69. The van der Waals surface area contributed by atoms with Crippen molar-refractivity contribution < 1.29 is 36.7 Å². The van der Waals surface area contributed by atoms with Gasteiger partial charge in [0.25, 0.3) is 15.9 Å². The number of piperidine rings is 1. The molecule has 1 aliphatic heterocycles. The Balaban J connectivity index is 1.71. The minimum Gasteiger partial charge on any atom is -0.466 e. The zero-order valence-electron chi connectivity index (χ0n) is 23.6. The average molecular weight is 592 g/mol. The summed E-state index contributed by atoms with van der Waals surface area (Å²) in [6, 6.07) is 6.45. The fourth-order valence-electron chi connectivity index (χ4n) is 4.78. The molecule has 2 fully saturated rings. The number of alkyl halides is 1. The highest BCUT2D eigenvalue weighted by atomic mass is 32.2. The number of carbonyl (C=O) groups is 3. The van der Waals surface area contributed by atoms with Crippen LogP contribution in [0.15, 0.2) is 35.4 Å². The first kappa shape index (κ1) is 30.3. The first-order valence-corrected chi connectivity index (χ1v) is 14.6. The van der Waals surface area contributed by atoms with Gasteiger partial charge < -0.3 is 19.7 Å². The molecule has 0 aromatic carbocycles. The number of hydrogen-bond donors (Lipinski definition) is 2. The van der Waals surface area contributed by atoms with Gasteiger partial charge in [0, 0.05) is 18.6 Å². The summed E-state index contributed by atoms with van der Waals surface area (Å²) in [4.78, 5) is 48.4. The van der Waals surface area contributed by atoms with Gasteiger partial charge in [0.05, 0.1) is 19.8 Å². The van der Waals surface area contributed by atoms with E-state index in [9.17, 15) is 22.8 Å². The van der Waals surface area contributed by atoms with E-state index < -0.39 is 44.8 Å². The summed E-state index contributed by atoms with van der Waals surface area (Å²) in [7, 11) is -2.12. The molecular formula is C27H34FN5O7S. The molecule has 222 valence electrons. The molecule has 1 saturated heterocycles. The van der Waals surface area contributed by atoms with Crippen LogP contribution in [-0.2, 0) is 34.8 Å². The number of anilines is 2. The third kappa shape index (κ3) is 6.32. The zero-order valence-corrected chi connectivity index (χ0v) is 24.4. The second-order valence-electron chi connectivity index (χ2n) is 11.4. The Labute approximate surface area is 238 Å². The number of pyridine rings is 2. The van der Waals surface area contributed by atoms with Crippen LogP contribution in [0.2, 0.25) is 0 Å². The van der Waals surface area contributed by atoms with Gasteiger partial charge in [-0.3, -0.25) is 4.79 Å². The summed E-state index contributed by atoms with van der Waals surface area (Å²) < 4.78 is 53.0. The van der Waals surface area contributed by atoms with Gasteiger partial charge in [-0.1, -0.05) is 6.07 Å². The third-order valence-corrected chi connectivity index (χ3v) is 8.83. The highest BCUT2D eigenvalue weighted by molar-refractivity contribution is 7.89. The standard InChI is InChI=1S/C27H34FN5O7S/c1-25(2,3)32-41(37,38)20-8-6-7-19(30-20)31-22(34)17-9-10-18(27(28,23(35)39-4)24(36)40-5)29-21(17)33-15-13-26(11-12-26)14-16-33/h6-10,32H,11-16H2,1-5H3,(H,30,31,34). The summed E-state index contributed by atoms with van der Waals surface area (Å²) in [5, 5.41) is 2.29. The number of rotatable bonds is 8. The van der Waals surface area contributed by atoms with Crippen LogP contribution >= 0.6 is 0 Å². The number of nitrogens with one attached hydrogen (secondary N) is 2. The van der Waals surface area contributed by atoms with Crippen molar-refractivity contribution in [3.8, 4) is 0 Å². The third-order valence-electron chi connectivity index (χ3n) is 7.17. The highest BCUT2D eigenvalue weighted by Crippen LogP contribution is 2.54. The van der Waals surface area contributed by atoms with Crippen LogP contribution in [0.3, 0.4) is 0 Å². The maximum Gasteiger partial charge on any atom is 0.362 e. The number of sulfonamides is 1. The Morgan fingerprint density at radius 2 is 1.56 bits per heavy atom. The van der Waals surface area contributed by atoms with Crippen molar-refractivity contribution in [1.29, 1.82) is 0 Å². The predicted molar refractivity (Wildman–Crippen MR) is 146 cm³/mol. The molecule has 41 heavy (non-hydrogen) atoms. The molecule has 0 radical (unpaired) electrons. The van der Waals surface area contributed by atoms with E-state index in [-0.39, 0.29) is 27.6 Å². The fourth-order valence-corrected chi connectivity index (χ4v) is 6.16. The molecule has 2 aliphatic rings. The minimum atomic E-state index is -3.98. The lowest BCUT2D eigenvalue weighted by molar-refractivity contribution is -0.172. The largest absolute Gasteiger partial charge is 0.466 e. The summed E-state index contributed by atoms with van der Waals surface area (Å²) >= 11 is 0. The smallest absolute Gasteiger partial charge is 0.362 e. The minimum absolute atomic E-state index is 0.0143. The SMILES string of the molecule is COC(=O)C(F)(C(=O)OC)c1ccc(C(=O)Nc2cccc(S(=O)(=O)NC(C)(C)C)n2)c(N2CCC3(CC2)CC3)n1. The van der Waals surface area contributed by atoms with Crippen LogP contribution in [0.1, 0.15) is 62.5 Å². The van der Waals surface area contributed by atoms with Crippen LogP contribution < -0.4 is 14.9 Å². The van der Waals surface area contributed by atoms with Gasteiger partial charge in [-0.25, -0.2) is 37.1 Å². The van der Waals surface area contributed by atoms with Crippen molar-refractivity contribution in [2.75, 3.05) is 37.5 Å². The molecule has 1 aliphatic carbocycles. The van der Waals surface area contributed by atoms with Gasteiger partial charge >= 0.3 is 17.6 Å². The van der Waals surface area contributed by atoms with Crippen LogP contribution in [0.25, 0.3) is 0 Å². The van der Waals surface area contributed by atoms with Crippen molar-refractivity contribution in [2.24, 2.45) is 5.41 Å². The van der Waals surface area contributed by atoms with E-state index in [1.54, 1.807) is 25.7 Å². The highest BCUT2D eigenvalue weighted by Gasteiger charge is 2.53. The predicted octanol–water partition coefficient (Wildman–Crippen LogP) is 2.70. The molecule has 0 unspecified atom stereocenters. The first-order chi connectivity index (χ1) is 19.1. The molecule has 3 heterocycles. The van der Waals surface area contributed by atoms with E-state index in [4.69, 9.17) is 0 Å². The van der Waals surface area contributed by atoms with Crippen molar-refractivity contribution >= 4 is 39.5 Å². The number of carbonyl (C=O) groups excluding carboxylic acids is 3. The lowest BCUT2D eigenvalue weighted by atomic mass is 9.93. The summed E-state index contributed by atoms with van der Waals surface area (Å²) in [6.45, 7) is 6.11. The number of ether oxygens (including phenoxy) is 2. The van der Waals surface area contributed by atoms with E-state index in [1.165, 1.54) is 24.3 Å². The van der Waals surface area contributed by atoms with Crippen molar-refractivity contribution in [2.45, 2.75) is 62.7 Å². The fraction of sp³-hybridized carbons (Fsp3) is 0.519. The molecule has 1 saturated carbocycles.